The SMILES string of the molecule is COc1ccc(NC(=S)N(CCc2cncn2Cc2ccc(C#N)cc2)Cc2ccnc3ccccc23)cn1. The van der Waals surface area contributed by atoms with E-state index in [1.807, 2.05) is 73.3 Å². The fourth-order valence-electron chi connectivity index (χ4n) is 4.36. The molecule has 1 N–H and O–H groups in total. The predicted octanol–water partition coefficient (Wildman–Crippen LogP) is 5.20. The van der Waals surface area contributed by atoms with Crippen LogP contribution in [0.25, 0.3) is 10.9 Å². The lowest BCUT2D eigenvalue weighted by atomic mass is 10.1. The molecular weight excluding hydrogens is 506 g/mol. The summed E-state index contributed by atoms with van der Waals surface area (Å²) >= 11 is 5.89. The molecule has 0 amide bonds. The second-order valence-electron chi connectivity index (χ2n) is 9.00. The number of nitriles is 1. The molecule has 0 saturated heterocycles. The summed E-state index contributed by atoms with van der Waals surface area (Å²) in [4.78, 5) is 15.3. The Hall–Kier alpha value is -4.81. The number of hydrogen-bond donors (Lipinski definition) is 1. The largest absolute Gasteiger partial charge is 0.481 e. The van der Waals surface area contributed by atoms with Crippen molar-refractivity contribution in [3.05, 3.63) is 114 Å². The Morgan fingerprint density at radius 1 is 1.05 bits per heavy atom. The van der Waals surface area contributed by atoms with Crippen molar-refractivity contribution in [3.8, 4) is 11.9 Å². The highest BCUT2D eigenvalue weighted by Crippen LogP contribution is 2.20. The highest BCUT2D eigenvalue weighted by Gasteiger charge is 2.15. The van der Waals surface area contributed by atoms with Gasteiger partial charge in [-0.25, -0.2) is 9.97 Å². The number of rotatable bonds is 9. The highest BCUT2D eigenvalue weighted by molar-refractivity contribution is 7.80. The number of hydrogen-bond acceptors (Lipinski definition) is 6. The standard InChI is InChI=1S/C30H27N7OS/c1-38-29-11-10-25(17-34-29)35-30(39)36(20-24-12-14-33-28-5-3-2-4-27(24)28)15-13-26-18-32-21-37(26)19-23-8-6-22(16-31)7-9-23/h2-12,14,17-18,21H,13,15,19-20H2,1H3,(H,35,39). The minimum atomic E-state index is 0.544. The van der Waals surface area contributed by atoms with E-state index < -0.39 is 0 Å². The maximum absolute atomic E-state index is 9.08. The van der Waals surface area contributed by atoms with Crippen molar-refractivity contribution in [3.63, 3.8) is 0 Å². The maximum atomic E-state index is 9.08. The Bertz CT molecular complexity index is 1600. The smallest absolute Gasteiger partial charge is 0.213 e. The van der Waals surface area contributed by atoms with Gasteiger partial charge >= 0.3 is 0 Å². The van der Waals surface area contributed by atoms with Crippen LogP contribution in [-0.4, -0.2) is 43.2 Å². The van der Waals surface area contributed by atoms with Gasteiger partial charge in [0.2, 0.25) is 5.88 Å². The molecule has 0 atom stereocenters. The van der Waals surface area contributed by atoms with Crippen molar-refractivity contribution in [2.75, 3.05) is 19.0 Å². The summed E-state index contributed by atoms with van der Waals surface area (Å²) in [5.74, 6) is 0.544. The molecule has 0 aliphatic carbocycles. The number of ether oxygens (including phenoxy) is 1. The maximum Gasteiger partial charge on any atom is 0.213 e. The first kappa shape index (κ1) is 25.8. The molecule has 39 heavy (non-hydrogen) atoms. The Balaban J connectivity index is 1.35. The van der Waals surface area contributed by atoms with E-state index in [4.69, 9.17) is 22.2 Å². The van der Waals surface area contributed by atoms with Gasteiger partial charge in [0.1, 0.15) is 0 Å². The molecule has 0 radical (unpaired) electrons. The number of nitrogens with one attached hydrogen (secondary N) is 1. The number of anilines is 1. The molecule has 0 spiro atoms. The summed E-state index contributed by atoms with van der Waals surface area (Å²) < 4.78 is 7.31. The first-order valence-electron chi connectivity index (χ1n) is 12.5. The molecule has 3 heterocycles. The summed E-state index contributed by atoms with van der Waals surface area (Å²) in [6.07, 6.45) is 8.02. The Morgan fingerprint density at radius 3 is 2.67 bits per heavy atom. The van der Waals surface area contributed by atoms with Gasteiger partial charge in [-0.2, -0.15) is 5.26 Å². The van der Waals surface area contributed by atoms with Gasteiger partial charge in [-0.3, -0.25) is 4.98 Å². The molecule has 0 unspecified atom stereocenters. The van der Waals surface area contributed by atoms with Gasteiger partial charge in [0, 0.05) is 55.6 Å². The van der Waals surface area contributed by atoms with Crippen LogP contribution < -0.4 is 10.1 Å². The highest BCUT2D eigenvalue weighted by atomic mass is 32.1. The molecule has 5 rings (SSSR count). The number of nitrogens with zero attached hydrogens (tertiary/aromatic N) is 6. The average Bonchev–Trinajstić information content (AvgIpc) is 3.42. The molecule has 0 bridgehead atoms. The van der Waals surface area contributed by atoms with Gasteiger partial charge < -0.3 is 19.5 Å². The van der Waals surface area contributed by atoms with Crippen molar-refractivity contribution in [1.82, 2.24) is 24.4 Å². The summed E-state index contributed by atoms with van der Waals surface area (Å²) in [6, 6.07) is 23.7. The molecule has 0 aliphatic heterocycles. The van der Waals surface area contributed by atoms with Crippen LogP contribution >= 0.6 is 12.2 Å². The second-order valence-corrected chi connectivity index (χ2v) is 9.39. The topological polar surface area (TPSA) is 91.9 Å². The Kier molecular flexibility index (Phi) is 8.05. The zero-order chi connectivity index (χ0) is 27.0. The van der Waals surface area contributed by atoms with Crippen LogP contribution in [0.2, 0.25) is 0 Å². The number of para-hydroxylation sites is 1. The number of imidazole rings is 1. The van der Waals surface area contributed by atoms with Gasteiger partial charge in [0.25, 0.3) is 0 Å². The van der Waals surface area contributed by atoms with Crippen LogP contribution in [0.15, 0.2) is 91.6 Å². The minimum Gasteiger partial charge on any atom is -0.481 e. The normalized spacial score (nSPS) is 10.7. The van der Waals surface area contributed by atoms with E-state index in [0.717, 1.165) is 39.8 Å². The summed E-state index contributed by atoms with van der Waals surface area (Å²) in [7, 11) is 1.59. The van der Waals surface area contributed by atoms with Crippen molar-refractivity contribution < 1.29 is 4.74 Å². The quantitative estimate of drug-likeness (QED) is 0.259. The van der Waals surface area contributed by atoms with Crippen LogP contribution in [0.5, 0.6) is 5.88 Å². The number of fused-ring (bicyclic) bond motifs is 1. The van der Waals surface area contributed by atoms with Gasteiger partial charge in [0.15, 0.2) is 5.11 Å². The van der Waals surface area contributed by atoms with E-state index in [1.165, 1.54) is 0 Å². The fraction of sp³-hybridized carbons (Fsp3) is 0.167. The van der Waals surface area contributed by atoms with Crippen LogP contribution in [0, 0.1) is 11.3 Å². The molecule has 0 aliphatic rings. The summed E-state index contributed by atoms with van der Waals surface area (Å²) in [6.45, 7) is 1.96. The molecule has 3 aromatic heterocycles. The average molecular weight is 534 g/mol. The van der Waals surface area contributed by atoms with Crippen molar-refractivity contribution in [1.29, 1.82) is 5.26 Å². The van der Waals surface area contributed by atoms with Gasteiger partial charge in [-0.15, -0.1) is 0 Å². The van der Waals surface area contributed by atoms with Crippen molar-refractivity contribution in [2.24, 2.45) is 0 Å². The van der Waals surface area contributed by atoms with Crippen LogP contribution in [0.3, 0.4) is 0 Å². The molecule has 8 nitrogen and oxygen atoms in total. The van der Waals surface area contributed by atoms with E-state index in [1.54, 1.807) is 19.4 Å². The van der Waals surface area contributed by atoms with Crippen molar-refractivity contribution in [2.45, 2.75) is 19.5 Å². The predicted molar refractivity (Wildman–Crippen MR) is 155 cm³/mol. The second kappa shape index (κ2) is 12.2. The minimum absolute atomic E-state index is 0.544. The van der Waals surface area contributed by atoms with Crippen LogP contribution in [-0.2, 0) is 19.5 Å². The molecular formula is C30H27N7OS. The zero-order valence-electron chi connectivity index (χ0n) is 21.5. The van der Waals surface area contributed by atoms with Gasteiger partial charge in [0.05, 0.1) is 42.5 Å². The first-order chi connectivity index (χ1) is 19.1. The lowest BCUT2D eigenvalue weighted by molar-refractivity contribution is 0.398. The third-order valence-corrected chi connectivity index (χ3v) is 6.82. The molecule has 2 aromatic carbocycles. The molecule has 194 valence electrons. The lowest BCUT2D eigenvalue weighted by Crippen LogP contribution is -2.36. The van der Waals surface area contributed by atoms with E-state index >= 15 is 0 Å². The molecule has 9 heteroatoms. The lowest BCUT2D eigenvalue weighted by Gasteiger charge is -2.27. The van der Waals surface area contributed by atoms with E-state index in [2.05, 4.69) is 41.9 Å². The molecule has 0 saturated carbocycles. The first-order valence-corrected chi connectivity index (χ1v) is 12.9. The third-order valence-electron chi connectivity index (χ3n) is 6.46. The van der Waals surface area contributed by atoms with E-state index in [9.17, 15) is 0 Å². The van der Waals surface area contributed by atoms with Crippen LogP contribution in [0.1, 0.15) is 22.4 Å². The third kappa shape index (κ3) is 6.37. The fourth-order valence-corrected chi connectivity index (χ4v) is 4.63. The Labute approximate surface area is 232 Å². The van der Waals surface area contributed by atoms with Gasteiger partial charge in [-0.05, 0) is 53.7 Å². The number of aromatic nitrogens is 4. The molecule has 5 aromatic rings. The molecule has 0 fully saturated rings. The summed E-state index contributed by atoms with van der Waals surface area (Å²) in [5, 5.41) is 14.1. The zero-order valence-corrected chi connectivity index (χ0v) is 22.3. The number of thiocarbonyl (C=S) groups is 1. The van der Waals surface area contributed by atoms with Gasteiger partial charge in [-0.1, -0.05) is 30.3 Å². The number of benzene rings is 2. The van der Waals surface area contributed by atoms with E-state index in [-0.39, 0.29) is 0 Å². The Morgan fingerprint density at radius 2 is 1.90 bits per heavy atom. The van der Waals surface area contributed by atoms with E-state index in [0.29, 0.717) is 36.2 Å². The van der Waals surface area contributed by atoms with Crippen LogP contribution in [0.4, 0.5) is 5.69 Å². The monoisotopic (exact) mass is 533 g/mol. The van der Waals surface area contributed by atoms with Crippen molar-refractivity contribution >= 4 is 33.9 Å². The number of methoxy groups -OCH3 is 1. The number of pyridine rings is 2. The summed E-state index contributed by atoms with van der Waals surface area (Å²) in [5.41, 5.74) is 5.74.